The van der Waals surface area contributed by atoms with Crippen molar-refractivity contribution in [2.45, 2.75) is 0 Å². The lowest BCUT2D eigenvalue weighted by Gasteiger charge is -2.12. The maximum Gasteiger partial charge on any atom is 0.235 e. The van der Waals surface area contributed by atoms with Gasteiger partial charge >= 0.3 is 0 Å². The second-order valence-corrected chi connectivity index (χ2v) is 12.3. The lowest BCUT2D eigenvalue weighted by molar-refractivity contribution is 0.996. The Hall–Kier alpha value is -6.52. The van der Waals surface area contributed by atoms with Crippen LogP contribution < -0.4 is 0 Å². The molecule has 0 N–H and O–H groups in total. The Morgan fingerprint density at radius 3 is 1.58 bits per heavy atom. The molecular formula is C44H28N4. The number of hydrogen-bond donors (Lipinski definition) is 0. The third kappa shape index (κ3) is 4.03. The highest BCUT2D eigenvalue weighted by molar-refractivity contribution is 6.24. The number of aromatic nitrogens is 4. The number of benzene rings is 7. The van der Waals surface area contributed by atoms with Gasteiger partial charge in [0.15, 0.2) is 0 Å². The number of nitrogens with zero attached hydrogens (tertiary/aromatic N) is 4. The van der Waals surface area contributed by atoms with E-state index in [0.717, 1.165) is 39.2 Å². The number of fused-ring (bicyclic) bond motifs is 8. The van der Waals surface area contributed by atoms with Crippen molar-refractivity contribution in [1.82, 2.24) is 19.1 Å². The van der Waals surface area contributed by atoms with E-state index in [4.69, 9.17) is 9.97 Å². The maximum atomic E-state index is 5.26. The van der Waals surface area contributed by atoms with Gasteiger partial charge in [-0.05, 0) is 59.3 Å². The molecule has 3 aromatic heterocycles. The molecule has 0 atom stereocenters. The highest BCUT2D eigenvalue weighted by atomic mass is 15.2. The summed E-state index contributed by atoms with van der Waals surface area (Å²) in [6.07, 6.45) is 0. The van der Waals surface area contributed by atoms with Gasteiger partial charge in [0.05, 0.1) is 33.5 Å². The van der Waals surface area contributed by atoms with E-state index in [1.807, 2.05) is 12.1 Å². The number of rotatable bonds is 4. The standard InChI is InChI=1S/C44H28N4/c1-4-14-29(15-5-1)37-28-38(30-16-6-2-7-17-30)46-44(45-37)48-39-22-12-10-20-33(39)36-26-31-24-25-41-43(35(31)27-42(36)48)34-21-11-13-23-40(34)47(41)32-18-8-3-9-19-32/h1-28H. The van der Waals surface area contributed by atoms with Crippen LogP contribution in [-0.4, -0.2) is 19.1 Å². The van der Waals surface area contributed by atoms with Crippen LogP contribution in [0.4, 0.5) is 0 Å². The molecule has 10 aromatic rings. The van der Waals surface area contributed by atoms with Crippen molar-refractivity contribution in [3.63, 3.8) is 0 Å². The quantitative estimate of drug-likeness (QED) is 0.198. The van der Waals surface area contributed by atoms with Gasteiger partial charge in [0, 0.05) is 38.4 Å². The first-order chi connectivity index (χ1) is 23.8. The van der Waals surface area contributed by atoms with Gasteiger partial charge in [0.1, 0.15) is 0 Å². The Morgan fingerprint density at radius 2 is 0.917 bits per heavy atom. The van der Waals surface area contributed by atoms with Gasteiger partial charge in [-0.1, -0.05) is 121 Å². The summed E-state index contributed by atoms with van der Waals surface area (Å²) in [6, 6.07) is 60.1. The van der Waals surface area contributed by atoms with Crippen LogP contribution >= 0.6 is 0 Å². The van der Waals surface area contributed by atoms with E-state index in [1.54, 1.807) is 0 Å². The third-order valence-electron chi connectivity index (χ3n) is 9.51. The van der Waals surface area contributed by atoms with Crippen molar-refractivity contribution in [3.05, 3.63) is 170 Å². The molecular weight excluding hydrogens is 585 g/mol. The van der Waals surface area contributed by atoms with Crippen molar-refractivity contribution in [3.8, 4) is 34.2 Å². The van der Waals surface area contributed by atoms with Crippen LogP contribution in [0.25, 0.3) is 88.5 Å². The van der Waals surface area contributed by atoms with E-state index in [-0.39, 0.29) is 0 Å². The average molecular weight is 613 g/mol. The average Bonchev–Trinajstić information content (AvgIpc) is 3.67. The van der Waals surface area contributed by atoms with Crippen LogP contribution in [0.15, 0.2) is 170 Å². The van der Waals surface area contributed by atoms with E-state index in [9.17, 15) is 0 Å². The van der Waals surface area contributed by atoms with Gasteiger partial charge < -0.3 is 4.57 Å². The molecule has 0 unspecified atom stereocenters. The molecule has 0 fully saturated rings. The van der Waals surface area contributed by atoms with E-state index in [1.165, 1.54) is 43.4 Å². The molecule has 0 saturated heterocycles. The molecule has 10 rings (SSSR count). The summed E-state index contributed by atoms with van der Waals surface area (Å²) in [5, 5.41) is 7.25. The predicted octanol–water partition coefficient (Wildman–Crippen LogP) is 11.2. The van der Waals surface area contributed by atoms with Crippen molar-refractivity contribution >= 4 is 54.4 Å². The van der Waals surface area contributed by atoms with E-state index in [2.05, 4.69) is 167 Å². The van der Waals surface area contributed by atoms with Crippen LogP contribution in [0.5, 0.6) is 0 Å². The van der Waals surface area contributed by atoms with Gasteiger partial charge in [-0.3, -0.25) is 4.57 Å². The number of para-hydroxylation sites is 3. The van der Waals surface area contributed by atoms with Gasteiger partial charge in [-0.25, -0.2) is 9.97 Å². The molecule has 0 amide bonds. The van der Waals surface area contributed by atoms with Crippen LogP contribution in [0, 0.1) is 0 Å². The lowest BCUT2D eigenvalue weighted by Crippen LogP contribution is -2.04. The fourth-order valence-corrected chi connectivity index (χ4v) is 7.37. The summed E-state index contributed by atoms with van der Waals surface area (Å²) >= 11 is 0. The van der Waals surface area contributed by atoms with E-state index in [0.29, 0.717) is 5.95 Å². The first-order valence-electron chi connectivity index (χ1n) is 16.3. The summed E-state index contributed by atoms with van der Waals surface area (Å²) in [7, 11) is 0. The zero-order chi connectivity index (χ0) is 31.6. The molecule has 4 heteroatoms. The second kappa shape index (κ2) is 10.5. The van der Waals surface area contributed by atoms with Gasteiger partial charge in [-0.15, -0.1) is 0 Å². The summed E-state index contributed by atoms with van der Waals surface area (Å²) in [5.41, 5.74) is 9.58. The third-order valence-corrected chi connectivity index (χ3v) is 9.51. The van der Waals surface area contributed by atoms with Crippen LogP contribution in [0.3, 0.4) is 0 Å². The lowest BCUT2D eigenvalue weighted by atomic mass is 10.0. The first-order valence-corrected chi connectivity index (χ1v) is 16.3. The highest BCUT2D eigenvalue weighted by Gasteiger charge is 2.20. The second-order valence-electron chi connectivity index (χ2n) is 12.3. The topological polar surface area (TPSA) is 35.6 Å². The van der Waals surface area contributed by atoms with Crippen molar-refractivity contribution < 1.29 is 0 Å². The fourth-order valence-electron chi connectivity index (χ4n) is 7.37. The molecule has 0 bridgehead atoms. The largest absolute Gasteiger partial charge is 0.309 e. The monoisotopic (exact) mass is 612 g/mol. The molecule has 0 aliphatic carbocycles. The van der Waals surface area contributed by atoms with Crippen molar-refractivity contribution in [2.24, 2.45) is 0 Å². The Balaban J connectivity index is 1.33. The summed E-state index contributed by atoms with van der Waals surface area (Å²) in [4.78, 5) is 10.5. The summed E-state index contributed by atoms with van der Waals surface area (Å²) in [6.45, 7) is 0. The predicted molar refractivity (Wildman–Crippen MR) is 199 cm³/mol. The van der Waals surface area contributed by atoms with E-state index >= 15 is 0 Å². The highest BCUT2D eigenvalue weighted by Crippen LogP contribution is 2.41. The zero-order valence-corrected chi connectivity index (χ0v) is 26.0. The minimum absolute atomic E-state index is 0.652. The fraction of sp³-hybridized carbons (Fsp3) is 0. The Bertz CT molecular complexity index is 2760. The normalized spacial score (nSPS) is 11.8. The minimum atomic E-state index is 0.652. The molecule has 3 heterocycles. The summed E-state index contributed by atoms with van der Waals surface area (Å²) in [5.74, 6) is 0.652. The molecule has 48 heavy (non-hydrogen) atoms. The molecule has 224 valence electrons. The number of hydrogen-bond acceptors (Lipinski definition) is 2. The zero-order valence-electron chi connectivity index (χ0n) is 26.0. The summed E-state index contributed by atoms with van der Waals surface area (Å²) < 4.78 is 4.63. The van der Waals surface area contributed by atoms with Crippen molar-refractivity contribution in [1.29, 1.82) is 0 Å². The van der Waals surface area contributed by atoms with E-state index < -0.39 is 0 Å². The molecule has 0 radical (unpaired) electrons. The molecule has 0 aliphatic heterocycles. The molecule has 4 nitrogen and oxygen atoms in total. The van der Waals surface area contributed by atoms with Gasteiger partial charge in [0.25, 0.3) is 0 Å². The van der Waals surface area contributed by atoms with Crippen LogP contribution in [0.1, 0.15) is 0 Å². The Morgan fingerprint density at radius 1 is 0.354 bits per heavy atom. The Kier molecular flexibility index (Phi) is 5.84. The van der Waals surface area contributed by atoms with Crippen molar-refractivity contribution in [2.75, 3.05) is 0 Å². The molecule has 7 aromatic carbocycles. The molecule has 0 spiro atoms. The minimum Gasteiger partial charge on any atom is -0.309 e. The SMILES string of the molecule is c1ccc(-c2cc(-c3ccccc3)nc(-n3c4ccccc4c4cc5ccc6c(c5cc43)c3ccccc3n6-c3ccccc3)n2)cc1. The first kappa shape index (κ1) is 26.7. The molecule has 0 aliphatic rings. The van der Waals surface area contributed by atoms with Gasteiger partial charge in [-0.2, -0.15) is 0 Å². The van der Waals surface area contributed by atoms with Gasteiger partial charge in [0.2, 0.25) is 5.95 Å². The maximum absolute atomic E-state index is 5.26. The Labute approximate surface area is 276 Å². The van der Waals surface area contributed by atoms with Crippen LogP contribution in [0.2, 0.25) is 0 Å². The smallest absolute Gasteiger partial charge is 0.235 e. The molecule has 0 saturated carbocycles. The van der Waals surface area contributed by atoms with Crippen LogP contribution in [-0.2, 0) is 0 Å².